The second-order valence-corrected chi connectivity index (χ2v) is 10.5. The van der Waals surface area contributed by atoms with Crippen molar-refractivity contribution in [3.63, 3.8) is 0 Å². The van der Waals surface area contributed by atoms with Gasteiger partial charge >= 0.3 is 6.09 Å². The first-order valence-corrected chi connectivity index (χ1v) is 11.2. The van der Waals surface area contributed by atoms with E-state index < -0.39 is 27.1 Å². The predicted molar refractivity (Wildman–Crippen MR) is 131 cm³/mol. The summed E-state index contributed by atoms with van der Waals surface area (Å²) in [5.41, 5.74) is -1.14. The van der Waals surface area contributed by atoms with Crippen molar-refractivity contribution in [3.8, 4) is 0 Å². The molecule has 1 rings (SSSR count). The summed E-state index contributed by atoms with van der Waals surface area (Å²) in [6.45, 7) is 10.0. The minimum absolute atomic E-state index is 0. The average molecular weight is 554 g/mol. The third-order valence-electron chi connectivity index (χ3n) is 3.75. The Morgan fingerprint density at radius 2 is 1.67 bits per heavy atom. The Kier molecular flexibility index (Phi) is 11.7. The van der Waals surface area contributed by atoms with Crippen LogP contribution < -0.4 is 16.0 Å². The molecule has 8 nitrogen and oxygen atoms in total. The largest absolute Gasteiger partial charge is 0.444 e. The molecule has 0 radical (unpaired) electrons. The smallest absolute Gasteiger partial charge is 0.408 e. The van der Waals surface area contributed by atoms with Gasteiger partial charge in [0.2, 0.25) is 0 Å². The molecule has 0 unspecified atom stereocenters. The summed E-state index contributed by atoms with van der Waals surface area (Å²) in [6, 6.07) is 8.41. The third kappa shape index (κ3) is 11.6. The Bertz CT molecular complexity index is 791. The molecule has 0 aliphatic heterocycles. The number of hydrogen-bond acceptors (Lipinski definition) is 5. The van der Waals surface area contributed by atoms with Crippen LogP contribution in [0.25, 0.3) is 0 Å². The standard InChI is InChI=1S/C20H34N4O4S.HI/c1-19(2,3)28-18(25)24-20(4,5)15-23-17(21-6)22-13-10-14-29(26,27)16-11-8-7-9-12-16;/h7-9,11-12H,10,13-15H2,1-6H3,(H,24,25)(H2,21,22,23);1H. The van der Waals surface area contributed by atoms with Crippen LogP contribution in [0.2, 0.25) is 0 Å². The Morgan fingerprint density at radius 3 is 2.20 bits per heavy atom. The number of ether oxygens (including phenoxy) is 1. The van der Waals surface area contributed by atoms with Crippen LogP contribution in [0.5, 0.6) is 0 Å². The molecule has 30 heavy (non-hydrogen) atoms. The number of sulfone groups is 1. The van der Waals surface area contributed by atoms with E-state index in [1.807, 2.05) is 34.6 Å². The summed E-state index contributed by atoms with van der Waals surface area (Å²) in [5, 5.41) is 9.03. The van der Waals surface area contributed by atoms with Crippen molar-refractivity contribution in [3.05, 3.63) is 30.3 Å². The molecule has 0 aromatic heterocycles. The zero-order valence-electron chi connectivity index (χ0n) is 18.6. The number of benzene rings is 1. The fraction of sp³-hybridized carbons (Fsp3) is 0.600. The maximum Gasteiger partial charge on any atom is 0.408 e. The molecule has 0 atom stereocenters. The van der Waals surface area contributed by atoms with Gasteiger partial charge in [-0.1, -0.05) is 18.2 Å². The molecule has 10 heteroatoms. The van der Waals surface area contributed by atoms with E-state index in [-0.39, 0.29) is 29.7 Å². The fourth-order valence-corrected chi connectivity index (χ4v) is 3.70. The highest BCUT2D eigenvalue weighted by molar-refractivity contribution is 14.0. The van der Waals surface area contributed by atoms with E-state index in [9.17, 15) is 13.2 Å². The van der Waals surface area contributed by atoms with Crippen molar-refractivity contribution in [2.24, 2.45) is 4.99 Å². The number of hydrogen-bond donors (Lipinski definition) is 3. The second kappa shape index (κ2) is 12.3. The maximum atomic E-state index is 12.3. The molecule has 3 N–H and O–H groups in total. The Balaban J connectivity index is 0.00000841. The number of aliphatic imine (C=N–C) groups is 1. The molecule has 172 valence electrons. The number of alkyl carbamates (subject to hydrolysis) is 1. The van der Waals surface area contributed by atoms with E-state index in [1.54, 1.807) is 37.4 Å². The van der Waals surface area contributed by atoms with Gasteiger partial charge < -0.3 is 20.7 Å². The number of nitrogens with zero attached hydrogens (tertiary/aromatic N) is 1. The molecule has 0 saturated carbocycles. The molecule has 0 saturated heterocycles. The quantitative estimate of drug-likeness (QED) is 0.197. The van der Waals surface area contributed by atoms with Crippen LogP contribution in [-0.2, 0) is 14.6 Å². The van der Waals surface area contributed by atoms with Crippen molar-refractivity contribution in [1.82, 2.24) is 16.0 Å². The Morgan fingerprint density at radius 1 is 1.07 bits per heavy atom. The summed E-state index contributed by atoms with van der Waals surface area (Å²) < 4.78 is 29.8. The summed E-state index contributed by atoms with van der Waals surface area (Å²) in [6.07, 6.45) is -0.0457. The molecule has 1 aromatic carbocycles. The number of carbonyl (C=O) groups excluding carboxylic acids is 1. The number of halogens is 1. The SMILES string of the molecule is CN=C(NCCCS(=O)(=O)c1ccccc1)NCC(C)(C)NC(=O)OC(C)(C)C.I. The fourth-order valence-electron chi connectivity index (χ4n) is 2.36. The predicted octanol–water partition coefficient (Wildman–Crippen LogP) is 2.94. The monoisotopic (exact) mass is 554 g/mol. The average Bonchev–Trinajstić information content (AvgIpc) is 2.59. The van der Waals surface area contributed by atoms with Crippen molar-refractivity contribution in [2.45, 2.75) is 57.1 Å². The highest BCUT2D eigenvalue weighted by Crippen LogP contribution is 2.11. The van der Waals surface area contributed by atoms with Gasteiger partial charge in [-0.3, -0.25) is 4.99 Å². The van der Waals surface area contributed by atoms with Crippen LogP contribution >= 0.6 is 24.0 Å². The van der Waals surface area contributed by atoms with Crippen molar-refractivity contribution in [2.75, 3.05) is 25.9 Å². The highest BCUT2D eigenvalue weighted by atomic mass is 127. The lowest BCUT2D eigenvalue weighted by atomic mass is 10.1. The lowest BCUT2D eigenvalue weighted by molar-refractivity contribution is 0.0474. The van der Waals surface area contributed by atoms with E-state index in [1.165, 1.54) is 0 Å². The normalized spacial score (nSPS) is 12.5. The number of rotatable bonds is 8. The van der Waals surface area contributed by atoms with Gasteiger partial charge in [0.15, 0.2) is 15.8 Å². The second-order valence-electron chi connectivity index (χ2n) is 8.35. The number of carbonyl (C=O) groups is 1. The van der Waals surface area contributed by atoms with Gasteiger partial charge in [0.25, 0.3) is 0 Å². The minimum Gasteiger partial charge on any atom is -0.444 e. The third-order valence-corrected chi connectivity index (χ3v) is 5.56. The van der Waals surface area contributed by atoms with Crippen molar-refractivity contribution in [1.29, 1.82) is 0 Å². The van der Waals surface area contributed by atoms with Gasteiger partial charge in [-0.2, -0.15) is 0 Å². The summed E-state index contributed by atoms with van der Waals surface area (Å²) in [5.74, 6) is 0.577. The highest BCUT2D eigenvalue weighted by Gasteiger charge is 2.24. The summed E-state index contributed by atoms with van der Waals surface area (Å²) >= 11 is 0. The molecule has 0 aliphatic carbocycles. The van der Waals surface area contributed by atoms with Gasteiger partial charge in [0.05, 0.1) is 16.2 Å². The van der Waals surface area contributed by atoms with Crippen LogP contribution in [0.3, 0.4) is 0 Å². The molecule has 0 bridgehead atoms. The topological polar surface area (TPSA) is 109 Å². The number of guanidine groups is 1. The first-order chi connectivity index (χ1) is 13.3. The molecular weight excluding hydrogens is 519 g/mol. The first-order valence-electron chi connectivity index (χ1n) is 9.58. The lowest BCUT2D eigenvalue weighted by Gasteiger charge is -2.29. The first kappa shape index (κ1) is 28.4. The van der Waals surface area contributed by atoms with Crippen molar-refractivity contribution < 1.29 is 17.9 Å². The van der Waals surface area contributed by atoms with E-state index in [0.717, 1.165) is 0 Å². The molecule has 1 aromatic rings. The van der Waals surface area contributed by atoms with Crippen molar-refractivity contribution >= 4 is 45.9 Å². The molecular formula is C20H35IN4O4S. The molecule has 0 aliphatic rings. The van der Waals surface area contributed by atoms with Gasteiger partial charge in [-0.05, 0) is 53.2 Å². The molecule has 0 fully saturated rings. The van der Waals surface area contributed by atoms with E-state index in [0.29, 0.717) is 30.4 Å². The number of nitrogens with one attached hydrogen (secondary N) is 3. The lowest BCUT2D eigenvalue weighted by Crippen LogP contribution is -2.54. The van der Waals surface area contributed by atoms with Crippen LogP contribution in [0.4, 0.5) is 4.79 Å². The Hall–Kier alpha value is -1.56. The van der Waals surface area contributed by atoms with E-state index >= 15 is 0 Å². The zero-order chi connectivity index (χ0) is 22.1. The molecule has 0 spiro atoms. The molecule has 0 heterocycles. The zero-order valence-corrected chi connectivity index (χ0v) is 21.8. The summed E-state index contributed by atoms with van der Waals surface area (Å²) in [4.78, 5) is 16.4. The van der Waals surface area contributed by atoms with Crippen LogP contribution in [-0.4, -0.2) is 57.5 Å². The van der Waals surface area contributed by atoms with E-state index in [4.69, 9.17) is 4.74 Å². The molecule has 1 amide bonds. The number of amides is 1. The van der Waals surface area contributed by atoms with Crippen LogP contribution in [0, 0.1) is 0 Å². The van der Waals surface area contributed by atoms with Gasteiger partial charge in [-0.15, -0.1) is 24.0 Å². The maximum absolute atomic E-state index is 12.3. The van der Waals surface area contributed by atoms with Crippen LogP contribution in [0.15, 0.2) is 40.2 Å². The summed E-state index contributed by atoms with van der Waals surface area (Å²) in [7, 11) is -1.66. The van der Waals surface area contributed by atoms with Gasteiger partial charge in [0, 0.05) is 20.1 Å². The minimum atomic E-state index is -3.29. The van der Waals surface area contributed by atoms with E-state index in [2.05, 4.69) is 20.9 Å². The van der Waals surface area contributed by atoms with Gasteiger partial charge in [-0.25, -0.2) is 13.2 Å². The van der Waals surface area contributed by atoms with Crippen LogP contribution in [0.1, 0.15) is 41.0 Å². The Labute approximate surface area is 197 Å². The van der Waals surface area contributed by atoms with Gasteiger partial charge in [0.1, 0.15) is 5.60 Å².